The largest absolute Gasteiger partial charge is 3.00 e. The van der Waals surface area contributed by atoms with Gasteiger partial charge in [0.2, 0.25) is 0 Å². The van der Waals surface area contributed by atoms with E-state index >= 15 is 0 Å². The van der Waals surface area contributed by atoms with Gasteiger partial charge in [0.15, 0.2) is 0 Å². The van der Waals surface area contributed by atoms with Crippen molar-refractivity contribution in [2.75, 3.05) is 0 Å². The van der Waals surface area contributed by atoms with Crippen LogP contribution in [0.3, 0.4) is 0 Å². The third-order valence-corrected chi connectivity index (χ3v) is 11.1. The van der Waals surface area contributed by atoms with Crippen LogP contribution in [0.25, 0.3) is 10.6 Å². The molecule has 2 fully saturated rings. The number of hydrogen-bond donors (Lipinski definition) is 4. The Bertz CT molecular complexity index is 1230. The quantitative estimate of drug-likeness (QED) is 0.197. The molecule has 243 valence electrons. The Morgan fingerprint density at radius 3 is 2.02 bits per heavy atom. The minimum absolute atomic E-state index is 0. The van der Waals surface area contributed by atoms with Gasteiger partial charge in [-0.25, -0.2) is 0 Å². The van der Waals surface area contributed by atoms with Crippen LogP contribution in [0.4, 0.5) is 0 Å². The van der Waals surface area contributed by atoms with Crippen LogP contribution in [0.5, 0.6) is 0 Å². The molecule has 10 unspecified atom stereocenters. The number of carboxylic acids is 2. The summed E-state index contributed by atoms with van der Waals surface area (Å²) in [7, 11) is 0. The molecule has 5 aliphatic heterocycles. The average Bonchev–Trinajstić information content (AvgIpc) is 3.59. The second-order valence-corrected chi connectivity index (χ2v) is 13.2. The first-order chi connectivity index (χ1) is 20.0. The molecule has 0 aromatic carbocycles. The predicted octanol–water partition coefficient (Wildman–Crippen LogP) is 5.61. The molecule has 44 heavy (non-hydrogen) atoms. The van der Waals surface area contributed by atoms with Crippen LogP contribution in [0.1, 0.15) is 79.1 Å². The molecule has 0 aliphatic carbocycles. The SMILES string of the molecule is C=CC1=C(C)C2CC3NC(CC4[N-]C(CC5NC(CC1[N-]2)C(C)=C5C=C)C(C)C4CCC(=O)O)C(CCC(=O)O)=C3C.[Fe+3].[OH-]. The number of aliphatic carboxylic acids is 2. The Balaban J connectivity index is 0.00000264. The summed E-state index contributed by atoms with van der Waals surface area (Å²) in [6.45, 7) is 17.1. The Kier molecular flexibility index (Phi) is 12.4. The molecule has 5 rings (SSSR count). The third-order valence-electron chi connectivity index (χ3n) is 11.1. The van der Waals surface area contributed by atoms with E-state index in [9.17, 15) is 19.8 Å². The van der Waals surface area contributed by atoms with Gasteiger partial charge >= 0.3 is 29.0 Å². The molecule has 8 bridgehead atoms. The van der Waals surface area contributed by atoms with E-state index in [0.29, 0.717) is 12.8 Å². The molecule has 0 amide bonds. The van der Waals surface area contributed by atoms with Crippen molar-refractivity contribution in [3.05, 3.63) is 69.4 Å². The van der Waals surface area contributed by atoms with Crippen molar-refractivity contribution < 1.29 is 42.3 Å². The van der Waals surface area contributed by atoms with Crippen molar-refractivity contribution in [2.24, 2.45) is 11.8 Å². The van der Waals surface area contributed by atoms with E-state index in [2.05, 4.69) is 51.5 Å². The van der Waals surface area contributed by atoms with E-state index in [1.54, 1.807) is 0 Å². The summed E-state index contributed by atoms with van der Waals surface area (Å²) in [6.07, 6.45) is 8.64. The molecule has 10 atom stereocenters. The van der Waals surface area contributed by atoms with Crippen LogP contribution < -0.4 is 10.6 Å². The number of carbonyl (C=O) groups is 2. The van der Waals surface area contributed by atoms with Gasteiger partial charge < -0.3 is 37.0 Å². The topological polar surface area (TPSA) is 157 Å². The Morgan fingerprint density at radius 1 is 0.795 bits per heavy atom. The molecule has 5 N–H and O–H groups in total. The summed E-state index contributed by atoms with van der Waals surface area (Å²) < 4.78 is 0. The normalized spacial score (nSPS) is 36.6. The van der Waals surface area contributed by atoms with Gasteiger partial charge in [0.25, 0.3) is 0 Å². The van der Waals surface area contributed by atoms with Crippen LogP contribution in [-0.4, -0.2) is 76.0 Å². The summed E-state index contributed by atoms with van der Waals surface area (Å²) in [5, 5.41) is 37.6. The number of carboxylic acid groups (broad SMARTS) is 2. The van der Waals surface area contributed by atoms with Gasteiger partial charge in [0, 0.05) is 37.0 Å². The molecule has 10 heteroatoms. The maximum atomic E-state index is 11.6. The second kappa shape index (κ2) is 15.0. The number of hydrogen-bond acceptors (Lipinski definition) is 5. The number of nitrogens with zero attached hydrogens (tertiary/aromatic N) is 2. The van der Waals surface area contributed by atoms with Crippen molar-refractivity contribution in [3.8, 4) is 0 Å². The molecule has 9 nitrogen and oxygen atoms in total. The number of fused-ring (bicyclic) bond motifs is 8. The zero-order valence-electron chi connectivity index (χ0n) is 26.4. The van der Waals surface area contributed by atoms with Gasteiger partial charge in [-0.2, -0.15) is 0 Å². The van der Waals surface area contributed by atoms with Gasteiger partial charge in [-0.3, -0.25) is 9.59 Å². The van der Waals surface area contributed by atoms with E-state index in [1.807, 2.05) is 12.2 Å². The van der Waals surface area contributed by atoms with E-state index in [0.717, 1.165) is 25.7 Å². The van der Waals surface area contributed by atoms with Crippen LogP contribution >= 0.6 is 0 Å². The van der Waals surface area contributed by atoms with Gasteiger partial charge in [-0.05, 0) is 64.9 Å². The number of rotatable bonds is 8. The van der Waals surface area contributed by atoms with Gasteiger partial charge in [-0.15, -0.1) is 24.2 Å². The molecule has 1 radical (unpaired) electrons. The fraction of sp³-hybridized carbons (Fsp3) is 0.647. The first-order valence-electron chi connectivity index (χ1n) is 15.7. The first kappa shape index (κ1) is 36.4. The summed E-state index contributed by atoms with van der Waals surface area (Å²) in [5.41, 5.74) is 7.50. The minimum Gasteiger partial charge on any atom is -0.870 e. The summed E-state index contributed by atoms with van der Waals surface area (Å²) in [5.74, 6) is -1.13. The van der Waals surface area contributed by atoms with Gasteiger partial charge in [0.1, 0.15) is 0 Å². The molecule has 5 heterocycles. The smallest absolute Gasteiger partial charge is 0.870 e. The first-order valence-corrected chi connectivity index (χ1v) is 15.7. The second-order valence-electron chi connectivity index (χ2n) is 13.2. The van der Waals surface area contributed by atoms with Crippen LogP contribution in [0.2, 0.25) is 0 Å². The molecule has 0 spiro atoms. The van der Waals surface area contributed by atoms with Crippen molar-refractivity contribution in [1.29, 1.82) is 0 Å². The molecule has 2 saturated heterocycles. The van der Waals surface area contributed by atoms with E-state index in [-0.39, 0.29) is 95.6 Å². The predicted molar refractivity (Wildman–Crippen MR) is 169 cm³/mol. The Hall–Kier alpha value is -2.04. The van der Waals surface area contributed by atoms with Crippen LogP contribution in [0, 0.1) is 11.8 Å². The zero-order chi connectivity index (χ0) is 30.3. The molecule has 0 aromatic rings. The van der Waals surface area contributed by atoms with Crippen LogP contribution in [0.15, 0.2) is 58.7 Å². The van der Waals surface area contributed by atoms with E-state index in [4.69, 9.17) is 10.6 Å². The van der Waals surface area contributed by atoms with Gasteiger partial charge in [-0.1, -0.05) is 71.9 Å². The number of nitrogens with one attached hydrogen (secondary N) is 2. The van der Waals surface area contributed by atoms with E-state index < -0.39 is 11.9 Å². The Labute approximate surface area is 272 Å². The van der Waals surface area contributed by atoms with Crippen molar-refractivity contribution in [1.82, 2.24) is 10.6 Å². The summed E-state index contributed by atoms with van der Waals surface area (Å²) in [4.78, 5) is 23.2. The molecule has 0 aromatic heterocycles. The summed E-state index contributed by atoms with van der Waals surface area (Å²) in [6, 6.07) is 0.747. The minimum atomic E-state index is -0.790. The Morgan fingerprint density at radius 2 is 1.39 bits per heavy atom. The maximum absolute atomic E-state index is 11.6. The zero-order valence-corrected chi connectivity index (χ0v) is 27.5. The fourth-order valence-corrected chi connectivity index (χ4v) is 8.61. The monoisotopic (exact) mass is 649 g/mol. The molecule has 5 aliphatic rings. The average molecular weight is 650 g/mol. The van der Waals surface area contributed by atoms with E-state index in [1.165, 1.54) is 33.4 Å². The van der Waals surface area contributed by atoms with Crippen molar-refractivity contribution in [2.45, 2.75) is 127 Å². The molecular weight excluding hydrogens is 600 g/mol. The third kappa shape index (κ3) is 7.17. The summed E-state index contributed by atoms with van der Waals surface area (Å²) >= 11 is 0. The maximum Gasteiger partial charge on any atom is 3.00 e. The standard InChI is InChI=1S/C34H48N4O4.Fe.H2O/c1-7-21-17(3)25-13-26-19(5)23(9-11-33(39)40)31(37-26)16-32-24(10-12-34(41)42)20(6)28(38-32)15-30-22(8-2)18(4)27(36-30)14-29(21)35-25;;/h7-8,20,24-32,36-37H,1-2,9-16H2,3-6H3,(H,39,40)(H,41,42);;1H2/q-2;+3;/p-1. The van der Waals surface area contributed by atoms with Crippen molar-refractivity contribution in [3.63, 3.8) is 0 Å². The van der Waals surface area contributed by atoms with Crippen LogP contribution in [-0.2, 0) is 26.7 Å². The molecular formula is C34H49FeN4O5. The molecule has 0 saturated carbocycles. The van der Waals surface area contributed by atoms with Crippen molar-refractivity contribution >= 4 is 11.9 Å². The fourth-order valence-electron chi connectivity index (χ4n) is 8.61. The van der Waals surface area contributed by atoms with Gasteiger partial charge in [0.05, 0.1) is 0 Å².